The van der Waals surface area contributed by atoms with Gasteiger partial charge in [0.25, 0.3) is 0 Å². The van der Waals surface area contributed by atoms with Gasteiger partial charge < -0.3 is 19.8 Å². The molecule has 8 nitrogen and oxygen atoms in total. The van der Waals surface area contributed by atoms with Gasteiger partial charge in [-0.25, -0.2) is 4.79 Å². The van der Waals surface area contributed by atoms with Gasteiger partial charge in [-0.2, -0.15) is 5.26 Å². The third-order valence-corrected chi connectivity index (χ3v) is 1.16. The number of hydrogen-bond donors (Lipinski definition) is 1. The number of aliphatic carboxylic acids is 2. The SMILES string of the molecule is O=C([O-])CN(CC(=O)[O-])CC(=O)OO.[Na+].[Na+]. The zero-order chi connectivity index (χ0) is 11.1. The van der Waals surface area contributed by atoms with Crippen LogP contribution in [0.1, 0.15) is 0 Å². The molecule has 0 aliphatic rings. The summed E-state index contributed by atoms with van der Waals surface area (Å²) in [4.78, 5) is 34.5. The fraction of sp³-hybridized carbons (Fsp3) is 0.500. The van der Waals surface area contributed by atoms with Gasteiger partial charge in [0.15, 0.2) is 0 Å². The van der Waals surface area contributed by atoms with Crippen molar-refractivity contribution in [1.82, 2.24) is 4.90 Å². The first kappa shape index (κ1) is 21.6. The molecule has 0 saturated carbocycles. The number of rotatable bonds is 6. The maximum absolute atomic E-state index is 10.4. The van der Waals surface area contributed by atoms with Crippen LogP contribution in [0.2, 0.25) is 0 Å². The van der Waals surface area contributed by atoms with Crippen LogP contribution in [0.3, 0.4) is 0 Å². The molecule has 80 valence electrons. The van der Waals surface area contributed by atoms with E-state index in [9.17, 15) is 24.6 Å². The summed E-state index contributed by atoms with van der Waals surface area (Å²) in [5.74, 6) is -4.29. The van der Waals surface area contributed by atoms with E-state index in [4.69, 9.17) is 5.26 Å². The van der Waals surface area contributed by atoms with E-state index in [2.05, 4.69) is 4.89 Å². The van der Waals surface area contributed by atoms with Crippen LogP contribution in [0, 0.1) is 0 Å². The van der Waals surface area contributed by atoms with E-state index in [1.165, 1.54) is 0 Å². The van der Waals surface area contributed by atoms with Gasteiger partial charge in [-0.15, -0.1) is 0 Å². The Bertz CT molecular complexity index is 231. The normalized spacial score (nSPS) is 8.62. The molecule has 1 N–H and O–H groups in total. The molecule has 0 bridgehead atoms. The summed E-state index contributed by atoms with van der Waals surface area (Å²) in [5, 5.41) is 28.0. The van der Waals surface area contributed by atoms with Crippen LogP contribution >= 0.6 is 0 Å². The van der Waals surface area contributed by atoms with Gasteiger partial charge in [-0.3, -0.25) is 9.79 Å². The molecule has 0 rings (SSSR count). The van der Waals surface area contributed by atoms with Gasteiger partial charge in [0.1, 0.15) is 6.54 Å². The van der Waals surface area contributed by atoms with Crippen LogP contribution in [0.4, 0.5) is 0 Å². The first-order valence-corrected chi connectivity index (χ1v) is 3.42. The molecule has 0 aliphatic heterocycles. The van der Waals surface area contributed by atoms with Gasteiger partial charge in [-0.1, -0.05) is 0 Å². The van der Waals surface area contributed by atoms with Crippen LogP contribution < -0.4 is 69.3 Å². The summed E-state index contributed by atoms with van der Waals surface area (Å²) in [5.41, 5.74) is 0. The molecule has 0 aliphatic carbocycles. The Morgan fingerprint density at radius 2 is 1.38 bits per heavy atom. The summed E-state index contributed by atoms with van der Waals surface area (Å²) >= 11 is 0. The topological polar surface area (TPSA) is 130 Å². The molecule has 0 unspecified atom stereocenters. The first-order chi connectivity index (χ1) is 6.45. The molecular formula is C6H7NNa2O7. The third-order valence-electron chi connectivity index (χ3n) is 1.16. The summed E-state index contributed by atoms with van der Waals surface area (Å²) < 4.78 is 0. The minimum absolute atomic E-state index is 0. The molecule has 0 radical (unpaired) electrons. The zero-order valence-electron chi connectivity index (χ0n) is 8.97. The molecule has 0 aromatic heterocycles. The quantitative estimate of drug-likeness (QED) is 0.280. The van der Waals surface area contributed by atoms with E-state index < -0.39 is 37.5 Å². The Hall–Kier alpha value is 0.330. The van der Waals surface area contributed by atoms with Crippen molar-refractivity contribution in [3.05, 3.63) is 0 Å². The molecule has 0 aromatic carbocycles. The van der Waals surface area contributed by atoms with Crippen molar-refractivity contribution in [3.8, 4) is 0 Å². The maximum atomic E-state index is 10.4. The zero-order valence-corrected chi connectivity index (χ0v) is 13.0. The summed E-state index contributed by atoms with van der Waals surface area (Å²) in [6, 6.07) is 0. The van der Waals surface area contributed by atoms with E-state index in [0.29, 0.717) is 4.90 Å². The van der Waals surface area contributed by atoms with Gasteiger partial charge in [0.05, 0.1) is 11.9 Å². The fourth-order valence-corrected chi connectivity index (χ4v) is 0.744. The number of nitrogens with zero attached hydrogens (tertiary/aromatic N) is 1. The molecule has 16 heavy (non-hydrogen) atoms. The third kappa shape index (κ3) is 12.4. The van der Waals surface area contributed by atoms with Crippen molar-refractivity contribution in [2.75, 3.05) is 19.6 Å². The minimum Gasteiger partial charge on any atom is -0.549 e. The molecular weight excluding hydrogens is 244 g/mol. The minimum atomic E-state index is -1.56. The number of carboxylic acid groups (broad SMARTS) is 2. The smallest absolute Gasteiger partial charge is 0.549 e. The molecule has 0 aromatic rings. The molecule has 0 amide bonds. The van der Waals surface area contributed by atoms with Crippen molar-refractivity contribution in [3.63, 3.8) is 0 Å². The predicted molar refractivity (Wildman–Crippen MR) is 35.2 cm³/mol. The van der Waals surface area contributed by atoms with Crippen LogP contribution in [0.5, 0.6) is 0 Å². The average molecular weight is 251 g/mol. The predicted octanol–water partition coefficient (Wildman–Crippen LogP) is -10.2. The van der Waals surface area contributed by atoms with Crippen molar-refractivity contribution in [2.24, 2.45) is 0 Å². The average Bonchev–Trinajstić information content (AvgIpc) is 2.01. The molecule has 0 heterocycles. The summed E-state index contributed by atoms with van der Waals surface area (Å²) in [6.07, 6.45) is 0. The number of carbonyl (C=O) groups excluding carboxylic acids is 3. The van der Waals surface area contributed by atoms with Crippen LogP contribution in [0.15, 0.2) is 0 Å². The fourth-order valence-electron chi connectivity index (χ4n) is 0.744. The number of carbonyl (C=O) groups is 3. The maximum Gasteiger partial charge on any atom is 1.00 e. The standard InChI is InChI=1S/C6H9NO7.2Na/c8-4(9)1-7(2-5(10)11)3-6(12)14-13;;/h13H,1-3H2,(H,8,9)(H,10,11);;/q;2*+1/p-2. The number of hydrogen-bond acceptors (Lipinski definition) is 8. The second kappa shape index (κ2) is 11.8. The van der Waals surface area contributed by atoms with Crippen LogP contribution in [0.25, 0.3) is 0 Å². The Morgan fingerprint density at radius 1 is 1.00 bits per heavy atom. The van der Waals surface area contributed by atoms with Crippen molar-refractivity contribution in [1.29, 1.82) is 0 Å². The Balaban J connectivity index is -0.000000845. The van der Waals surface area contributed by atoms with Crippen LogP contribution in [-0.4, -0.2) is 47.7 Å². The summed E-state index contributed by atoms with van der Waals surface area (Å²) in [6.45, 7) is -2.23. The second-order valence-electron chi connectivity index (χ2n) is 2.35. The molecule has 0 saturated heterocycles. The monoisotopic (exact) mass is 251 g/mol. The van der Waals surface area contributed by atoms with Crippen molar-refractivity contribution in [2.45, 2.75) is 0 Å². The van der Waals surface area contributed by atoms with E-state index >= 15 is 0 Å². The molecule has 10 heteroatoms. The Labute approximate surface area is 135 Å². The molecule has 0 spiro atoms. The van der Waals surface area contributed by atoms with E-state index in [1.54, 1.807) is 0 Å². The van der Waals surface area contributed by atoms with Gasteiger partial charge in [-0.05, 0) is 0 Å². The molecule has 0 atom stereocenters. The van der Waals surface area contributed by atoms with Crippen molar-refractivity contribution < 1.29 is 93.9 Å². The van der Waals surface area contributed by atoms with Gasteiger partial charge in [0.2, 0.25) is 0 Å². The van der Waals surface area contributed by atoms with Gasteiger partial charge in [0, 0.05) is 13.1 Å². The van der Waals surface area contributed by atoms with E-state index in [-0.39, 0.29) is 59.1 Å². The molecule has 0 fully saturated rings. The Morgan fingerprint density at radius 3 is 1.62 bits per heavy atom. The van der Waals surface area contributed by atoms with Crippen molar-refractivity contribution >= 4 is 17.9 Å². The van der Waals surface area contributed by atoms with E-state index in [0.717, 1.165) is 0 Å². The van der Waals surface area contributed by atoms with E-state index in [1.807, 2.05) is 0 Å². The first-order valence-electron chi connectivity index (χ1n) is 3.42. The number of carboxylic acids is 2. The Kier molecular flexibility index (Phi) is 15.9. The van der Waals surface area contributed by atoms with Crippen LogP contribution in [-0.2, 0) is 19.3 Å². The summed E-state index contributed by atoms with van der Waals surface area (Å²) in [7, 11) is 0. The second-order valence-corrected chi connectivity index (χ2v) is 2.35. The van der Waals surface area contributed by atoms with Gasteiger partial charge >= 0.3 is 65.1 Å². The largest absolute Gasteiger partial charge is 1.00 e.